The molecular formula is C30H39N9O2. The normalized spacial score (nSPS) is 16.1. The summed E-state index contributed by atoms with van der Waals surface area (Å²) >= 11 is 0. The lowest BCUT2D eigenvalue weighted by molar-refractivity contribution is -0.127. The molecule has 1 amide bonds. The van der Waals surface area contributed by atoms with Crippen molar-refractivity contribution in [1.29, 1.82) is 0 Å². The zero-order valence-corrected chi connectivity index (χ0v) is 24.0. The highest BCUT2D eigenvalue weighted by Gasteiger charge is 2.20. The van der Waals surface area contributed by atoms with E-state index in [1.807, 2.05) is 26.2 Å². The molecule has 4 heterocycles. The van der Waals surface area contributed by atoms with Crippen LogP contribution < -0.4 is 15.8 Å². The minimum Gasteiger partial charge on any atom is -0.368 e. The number of benzene rings is 1. The Kier molecular flexibility index (Phi) is 8.53. The monoisotopic (exact) mass is 557 g/mol. The molecule has 3 aromatic rings. The van der Waals surface area contributed by atoms with Crippen LogP contribution in [0.1, 0.15) is 0 Å². The van der Waals surface area contributed by atoms with Gasteiger partial charge in [-0.15, -0.1) is 0 Å². The van der Waals surface area contributed by atoms with Gasteiger partial charge in [-0.3, -0.25) is 19.1 Å². The number of hydrogen-bond donors (Lipinski definition) is 1. The number of fused-ring (bicyclic) bond motifs is 1. The average molecular weight is 558 g/mol. The summed E-state index contributed by atoms with van der Waals surface area (Å²) in [6.07, 6.45) is 3.10. The van der Waals surface area contributed by atoms with E-state index in [2.05, 4.69) is 55.2 Å². The molecule has 0 unspecified atom stereocenters. The Labute approximate surface area is 241 Å². The van der Waals surface area contributed by atoms with Gasteiger partial charge >= 0.3 is 0 Å². The number of amides is 1. The zero-order valence-electron chi connectivity index (χ0n) is 24.0. The number of nitrogens with zero attached hydrogens (tertiary/aromatic N) is 8. The highest BCUT2D eigenvalue weighted by molar-refractivity contribution is 5.87. The first kappa shape index (κ1) is 28.2. The summed E-state index contributed by atoms with van der Waals surface area (Å²) in [6, 6.07) is 11.6. The maximum Gasteiger partial charge on any atom is 0.252 e. The van der Waals surface area contributed by atoms with Crippen molar-refractivity contribution in [2.45, 2.75) is 6.54 Å². The molecule has 0 atom stereocenters. The van der Waals surface area contributed by atoms with Crippen molar-refractivity contribution in [3.05, 3.63) is 78.0 Å². The molecule has 0 bridgehead atoms. The van der Waals surface area contributed by atoms with Crippen LogP contribution in [0.2, 0.25) is 0 Å². The van der Waals surface area contributed by atoms with Gasteiger partial charge in [0.05, 0.1) is 5.82 Å². The largest absolute Gasteiger partial charge is 0.368 e. The Hall–Kier alpha value is -4.38. The molecule has 2 fully saturated rings. The van der Waals surface area contributed by atoms with Gasteiger partial charge in [-0.25, -0.2) is 4.98 Å². The Balaban J connectivity index is 1.22. The SMILES string of the molecule is C=CC(=O)N1CCN(CCn2c(=O)ccc3cnc(Nc4ccc(N5CCN(C(=C)N(C)C)CC5)cc4)nc32)CC1. The molecule has 1 N–H and O–H groups in total. The highest BCUT2D eigenvalue weighted by Crippen LogP contribution is 2.23. The van der Waals surface area contributed by atoms with Crippen molar-refractivity contribution in [3.63, 3.8) is 0 Å². The molecule has 2 aromatic heterocycles. The van der Waals surface area contributed by atoms with Crippen molar-refractivity contribution in [1.82, 2.24) is 34.1 Å². The molecule has 0 radical (unpaired) electrons. The molecule has 0 saturated carbocycles. The van der Waals surface area contributed by atoms with Gasteiger partial charge in [0, 0.05) is 109 Å². The van der Waals surface area contributed by atoms with Crippen LogP contribution in [0.3, 0.4) is 0 Å². The molecule has 11 nitrogen and oxygen atoms in total. The van der Waals surface area contributed by atoms with Crippen molar-refractivity contribution < 1.29 is 4.79 Å². The van der Waals surface area contributed by atoms with Gasteiger partial charge in [-0.1, -0.05) is 13.2 Å². The number of aromatic nitrogens is 3. The van der Waals surface area contributed by atoms with Gasteiger partial charge in [0.1, 0.15) is 5.65 Å². The first-order valence-corrected chi connectivity index (χ1v) is 14.1. The summed E-state index contributed by atoms with van der Waals surface area (Å²) < 4.78 is 1.71. The second-order valence-electron chi connectivity index (χ2n) is 10.6. The summed E-state index contributed by atoms with van der Waals surface area (Å²) in [7, 11) is 4.05. The molecule has 41 heavy (non-hydrogen) atoms. The Bertz CT molecular complexity index is 1450. The minimum absolute atomic E-state index is 0.0358. The Morgan fingerprint density at radius 1 is 0.951 bits per heavy atom. The van der Waals surface area contributed by atoms with Gasteiger partial charge in [0.15, 0.2) is 0 Å². The predicted molar refractivity (Wildman–Crippen MR) is 163 cm³/mol. The number of anilines is 3. The summed E-state index contributed by atoms with van der Waals surface area (Å²) in [4.78, 5) is 44.7. The standard InChI is InChI=1S/C30H39N9O2/c1-5-27(40)38-15-12-35(13-16-38)14-21-39-28(41)11-6-24-22-31-30(33-29(24)39)32-25-7-9-26(10-8-25)37-19-17-36(18-20-37)23(2)34(3)4/h5-11,22H,1-2,12-21H2,3-4H3,(H,31,32,33). The van der Waals surface area contributed by atoms with Gasteiger partial charge in [0.25, 0.3) is 5.56 Å². The third-order valence-electron chi connectivity index (χ3n) is 7.87. The van der Waals surface area contributed by atoms with Crippen LogP contribution in [0, 0.1) is 0 Å². The van der Waals surface area contributed by atoms with E-state index in [9.17, 15) is 9.59 Å². The molecule has 5 rings (SSSR count). The summed E-state index contributed by atoms with van der Waals surface area (Å²) in [5.74, 6) is 1.45. The van der Waals surface area contributed by atoms with E-state index in [0.717, 1.165) is 56.2 Å². The number of carbonyl (C=O) groups is 1. The minimum atomic E-state index is -0.0961. The fourth-order valence-electron chi connectivity index (χ4n) is 5.30. The molecule has 2 aliphatic rings. The number of nitrogens with one attached hydrogen (secondary N) is 1. The Morgan fingerprint density at radius 3 is 2.29 bits per heavy atom. The highest BCUT2D eigenvalue weighted by atomic mass is 16.2. The van der Waals surface area contributed by atoms with Crippen molar-refractivity contribution in [3.8, 4) is 0 Å². The predicted octanol–water partition coefficient (Wildman–Crippen LogP) is 2.02. The third-order valence-corrected chi connectivity index (χ3v) is 7.87. The Morgan fingerprint density at radius 2 is 1.63 bits per heavy atom. The van der Waals surface area contributed by atoms with E-state index in [1.165, 1.54) is 11.8 Å². The van der Waals surface area contributed by atoms with Crippen molar-refractivity contribution in [2.75, 3.05) is 83.2 Å². The van der Waals surface area contributed by atoms with Gasteiger partial charge < -0.3 is 24.9 Å². The lowest BCUT2D eigenvalue weighted by Crippen LogP contribution is -2.49. The average Bonchev–Trinajstić information content (AvgIpc) is 3.00. The summed E-state index contributed by atoms with van der Waals surface area (Å²) in [5.41, 5.74) is 2.56. The second-order valence-corrected chi connectivity index (χ2v) is 10.6. The van der Waals surface area contributed by atoms with E-state index in [4.69, 9.17) is 4.98 Å². The third kappa shape index (κ3) is 6.51. The van der Waals surface area contributed by atoms with Gasteiger partial charge in [-0.05, 0) is 36.4 Å². The topological polar surface area (TPSA) is 93.1 Å². The van der Waals surface area contributed by atoms with E-state index in [0.29, 0.717) is 37.8 Å². The quantitative estimate of drug-likeness (QED) is 0.397. The van der Waals surface area contributed by atoms with Crippen LogP contribution >= 0.6 is 0 Å². The van der Waals surface area contributed by atoms with Crippen LogP contribution in [0.15, 0.2) is 72.4 Å². The van der Waals surface area contributed by atoms with E-state index in [1.54, 1.807) is 27.8 Å². The molecule has 216 valence electrons. The number of hydrogen-bond acceptors (Lipinski definition) is 9. The maximum atomic E-state index is 12.8. The molecule has 0 aliphatic carbocycles. The van der Waals surface area contributed by atoms with Crippen LogP contribution in [-0.4, -0.2) is 113 Å². The number of pyridine rings is 1. The van der Waals surface area contributed by atoms with Crippen LogP contribution in [0.5, 0.6) is 0 Å². The van der Waals surface area contributed by atoms with E-state index in [-0.39, 0.29) is 11.5 Å². The van der Waals surface area contributed by atoms with Crippen molar-refractivity contribution >= 4 is 34.3 Å². The lowest BCUT2D eigenvalue weighted by atomic mass is 10.2. The first-order chi connectivity index (χ1) is 19.8. The lowest BCUT2D eigenvalue weighted by Gasteiger charge is -2.39. The maximum absolute atomic E-state index is 12.8. The number of carbonyl (C=O) groups excluding carboxylic acids is 1. The summed E-state index contributed by atoms with van der Waals surface area (Å²) in [5, 5.41) is 4.10. The van der Waals surface area contributed by atoms with Gasteiger partial charge in [0.2, 0.25) is 11.9 Å². The molecular weight excluding hydrogens is 518 g/mol. The first-order valence-electron chi connectivity index (χ1n) is 14.1. The van der Waals surface area contributed by atoms with E-state index >= 15 is 0 Å². The fraction of sp³-hybridized carbons (Fsp3) is 0.400. The van der Waals surface area contributed by atoms with Crippen LogP contribution in [0.4, 0.5) is 17.3 Å². The van der Waals surface area contributed by atoms with Crippen LogP contribution in [0.25, 0.3) is 11.0 Å². The second kappa shape index (κ2) is 12.4. The summed E-state index contributed by atoms with van der Waals surface area (Å²) in [6.45, 7) is 15.5. The van der Waals surface area contributed by atoms with Crippen molar-refractivity contribution in [2.24, 2.45) is 0 Å². The molecule has 2 aliphatic heterocycles. The number of piperazine rings is 2. The zero-order chi connectivity index (χ0) is 28.9. The molecule has 11 heteroatoms. The van der Waals surface area contributed by atoms with Gasteiger partial charge in [-0.2, -0.15) is 4.98 Å². The fourth-order valence-corrected chi connectivity index (χ4v) is 5.30. The smallest absolute Gasteiger partial charge is 0.252 e. The molecule has 0 spiro atoms. The number of rotatable bonds is 9. The van der Waals surface area contributed by atoms with Crippen LogP contribution in [-0.2, 0) is 11.3 Å². The van der Waals surface area contributed by atoms with E-state index < -0.39 is 0 Å². The molecule has 1 aromatic carbocycles. The molecule has 2 saturated heterocycles.